The molecule has 1 N–H and O–H groups in total. The monoisotopic (exact) mass is 472 g/mol. The van der Waals surface area contributed by atoms with Gasteiger partial charge in [-0.1, -0.05) is 55.9 Å². The van der Waals surface area contributed by atoms with Crippen molar-refractivity contribution >= 4 is 17.7 Å². The molecule has 0 amide bonds. The van der Waals surface area contributed by atoms with Crippen LogP contribution >= 0.6 is 0 Å². The fraction of sp³-hybridized carbons (Fsp3) is 0.607. The zero-order valence-electron chi connectivity index (χ0n) is 21.4. The highest BCUT2D eigenvalue weighted by Crippen LogP contribution is 2.53. The van der Waals surface area contributed by atoms with Gasteiger partial charge in [-0.3, -0.25) is 14.4 Å². The van der Waals surface area contributed by atoms with E-state index in [-0.39, 0.29) is 41.2 Å². The van der Waals surface area contributed by atoms with E-state index in [1.54, 1.807) is 38.2 Å². The van der Waals surface area contributed by atoms with Gasteiger partial charge in [0, 0.05) is 25.2 Å². The predicted molar refractivity (Wildman–Crippen MR) is 132 cm³/mol. The van der Waals surface area contributed by atoms with Crippen LogP contribution in [-0.2, 0) is 23.9 Å². The molecule has 3 unspecified atom stereocenters. The Morgan fingerprint density at radius 1 is 1.29 bits per heavy atom. The lowest BCUT2D eigenvalue weighted by molar-refractivity contribution is -0.163. The molecule has 0 radical (unpaired) electrons. The highest BCUT2D eigenvalue weighted by atomic mass is 16.5. The van der Waals surface area contributed by atoms with Crippen LogP contribution in [0.25, 0.3) is 0 Å². The van der Waals surface area contributed by atoms with Crippen molar-refractivity contribution in [2.45, 2.75) is 85.5 Å². The quantitative estimate of drug-likeness (QED) is 0.292. The number of hydrogen-bond acceptors (Lipinski definition) is 6. The van der Waals surface area contributed by atoms with Crippen LogP contribution in [0, 0.1) is 23.2 Å². The minimum absolute atomic E-state index is 0.0495. The van der Waals surface area contributed by atoms with Crippen LogP contribution in [0.15, 0.2) is 48.1 Å². The average Bonchev–Trinajstić information content (AvgIpc) is 2.75. The second-order valence-electron chi connectivity index (χ2n) is 10.1. The summed E-state index contributed by atoms with van der Waals surface area (Å²) in [4.78, 5) is 36.2. The van der Waals surface area contributed by atoms with Gasteiger partial charge in [-0.2, -0.15) is 0 Å². The van der Waals surface area contributed by atoms with Crippen molar-refractivity contribution in [3.63, 3.8) is 0 Å². The summed E-state index contributed by atoms with van der Waals surface area (Å²) in [5.74, 6) is -1.48. The number of rotatable bonds is 9. The SMILES string of the molecule is C=C(C)[C@@H]1C[C@@]2(C)C(=CC1=O)CC[C@@H](OC(=O)C(C)C(O)/C=C/C=C/CC(C)OC(C)=O)[C@@H]2C. The van der Waals surface area contributed by atoms with Crippen LogP contribution in [0.5, 0.6) is 0 Å². The van der Waals surface area contributed by atoms with E-state index < -0.39 is 18.0 Å². The first-order chi connectivity index (χ1) is 15.9. The molecule has 0 heterocycles. The number of carbonyl (C=O) groups is 3. The molecule has 2 aliphatic rings. The summed E-state index contributed by atoms with van der Waals surface area (Å²) in [6.07, 6.45) is 9.77. The molecule has 2 aliphatic carbocycles. The molecule has 0 spiro atoms. The lowest BCUT2D eigenvalue weighted by atomic mass is 9.57. The number of ketones is 1. The number of carbonyl (C=O) groups excluding carboxylic acids is 3. The maximum atomic E-state index is 12.8. The number of esters is 2. The summed E-state index contributed by atoms with van der Waals surface area (Å²) in [6.45, 7) is 14.9. The first-order valence-corrected chi connectivity index (χ1v) is 12.2. The van der Waals surface area contributed by atoms with Gasteiger partial charge in [0.05, 0.1) is 12.0 Å². The van der Waals surface area contributed by atoms with E-state index in [4.69, 9.17) is 9.47 Å². The van der Waals surface area contributed by atoms with Crippen LogP contribution in [-0.4, -0.2) is 41.1 Å². The zero-order valence-corrected chi connectivity index (χ0v) is 21.4. The van der Waals surface area contributed by atoms with E-state index in [1.807, 2.05) is 13.0 Å². The number of aliphatic hydroxyl groups is 1. The van der Waals surface area contributed by atoms with Gasteiger partial charge in [-0.05, 0) is 51.5 Å². The molecule has 1 fully saturated rings. The van der Waals surface area contributed by atoms with Crippen molar-refractivity contribution in [1.29, 1.82) is 0 Å². The third-order valence-corrected chi connectivity index (χ3v) is 7.42. The fourth-order valence-electron chi connectivity index (χ4n) is 4.89. The summed E-state index contributed by atoms with van der Waals surface area (Å²) in [5, 5.41) is 10.4. The van der Waals surface area contributed by atoms with Crippen molar-refractivity contribution in [3.8, 4) is 0 Å². The highest BCUT2D eigenvalue weighted by Gasteiger charge is 2.49. The van der Waals surface area contributed by atoms with E-state index in [2.05, 4.69) is 20.4 Å². The molecule has 34 heavy (non-hydrogen) atoms. The molecular weight excluding hydrogens is 432 g/mol. The highest BCUT2D eigenvalue weighted by molar-refractivity contribution is 5.95. The van der Waals surface area contributed by atoms with Gasteiger partial charge < -0.3 is 14.6 Å². The van der Waals surface area contributed by atoms with Gasteiger partial charge >= 0.3 is 11.9 Å². The Labute approximate surface area is 203 Å². The molecule has 0 aliphatic heterocycles. The van der Waals surface area contributed by atoms with Crippen LogP contribution in [0.4, 0.5) is 0 Å². The third-order valence-electron chi connectivity index (χ3n) is 7.42. The van der Waals surface area contributed by atoms with E-state index in [9.17, 15) is 19.5 Å². The molecule has 6 nitrogen and oxygen atoms in total. The molecule has 0 aromatic rings. The number of hydrogen-bond donors (Lipinski definition) is 1. The number of ether oxygens (including phenoxy) is 2. The third kappa shape index (κ3) is 6.78. The maximum Gasteiger partial charge on any atom is 0.311 e. The largest absolute Gasteiger partial charge is 0.463 e. The Bertz CT molecular complexity index is 881. The first kappa shape index (κ1) is 27.8. The van der Waals surface area contributed by atoms with Crippen molar-refractivity contribution < 1.29 is 29.0 Å². The Morgan fingerprint density at radius 2 is 1.97 bits per heavy atom. The standard InChI is InChI=1S/C28H40O6/c1-17(2)23-16-28(7)20(5)26(14-13-22(28)15-25(23)31)34-27(32)19(4)24(30)12-10-8-9-11-18(3)33-21(6)29/h8-10,12,15,18-20,23-24,26,30H,1,11,13-14,16H2,2-7H3/b9-8+,12-10+/t18?,19?,20-,23-,24?,26+,28+/m0/s1. The Hall–Kier alpha value is -2.47. The van der Waals surface area contributed by atoms with Gasteiger partial charge in [0.25, 0.3) is 0 Å². The minimum Gasteiger partial charge on any atom is -0.463 e. The molecule has 2 rings (SSSR count). The van der Waals surface area contributed by atoms with E-state index >= 15 is 0 Å². The topological polar surface area (TPSA) is 89.9 Å². The lowest BCUT2D eigenvalue weighted by Gasteiger charge is -2.49. The van der Waals surface area contributed by atoms with Crippen molar-refractivity contribution in [2.24, 2.45) is 23.2 Å². The van der Waals surface area contributed by atoms with Crippen LogP contribution in [0.2, 0.25) is 0 Å². The second-order valence-corrected chi connectivity index (χ2v) is 10.1. The van der Waals surface area contributed by atoms with Gasteiger partial charge in [0.15, 0.2) is 5.78 Å². The normalized spacial score (nSPS) is 29.8. The molecule has 0 saturated heterocycles. The number of aliphatic hydroxyl groups excluding tert-OH is 1. The molecular formula is C28H40O6. The Morgan fingerprint density at radius 3 is 2.59 bits per heavy atom. The van der Waals surface area contributed by atoms with E-state index in [0.717, 1.165) is 17.6 Å². The Balaban J connectivity index is 1.95. The molecule has 0 aromatic heterocycles. The van der Waals surface area contributed by atoms with Crippen molar-refractivity contribution in [3.05, 3.63) is 48.1 Å². The Kier molecular flexibility index (Phi) is 9.63. The fourth-order valence-corrected chi connectivity index (χ4v) is 4.89. The molecule has 0 bridgehead atoms. The lowest BCUT2D eigenvalue weighted by Crippen LogP contribution is -2.47. The summed E-state index contributed by atoms with van der Waals surface area (Å²) in [6, 6.07) is 0. The van der Waals surface area contributed by atoms with Crippen molar-refractivity contribution in [1.82, 2.24) is 0 Å². The molecule has 7 atom stereocenters. The van der Waals surface area contributed by atoms with Gasteiger partial charge in [-0.15, -0.1) is 0 Å². The smallest absolute Gasteiger partial charge is 0.311 e. The minimum atomic E-state index is -0.979. The van der Waals surface area contributed by atoms with Crippen LogP contribution in [0.1, 0.15) is 67.2 Å². The van der Waals surface area contributed by atoms with Gasteiger partial charge in [0.2, 0.25) is 0 Å². The summed E-state index contributed by atoms with van der Waals surface area (Å²) < 4.78 is 10.9. The second kappa shape index (κ2) is 11.8. The molecule has 188 valence electrons. The average molecular weight is 473 g/mol. The van der Waals surface area contributed by atoms with Crippen LogP contribution < -0.4 is 0 Å². The predicted octanol–water partition coefficient (Wildman–Crippen LogP) is 4.88. The maximum absolute atomic E-state index is 12.8. The van der Waals surface area contributed by atoms with E-state index in [1.165, 1.54) is 6.92 Å². The number of fused-ring (bicyclic) bond motifs is 1. The van der Waals surface area contributed by atoms with E-state index in [0.29, 0.717) is 19.3 Å². The zero-order chi connectivity index (χ0) is 25.6. The molecule has 6 heteroatoms. The first-order valence-electron chi connectivity index (χ1n) is 12.2. The van der Waals surface area contributed by atoms with Gasteiger partial charge in [-0.25, -0.2) is 0 Å². The van der Waals surface area contributed by atoms with Crippen LogP contribution in [0.3, 0.4) is 0 Å². The number of allylic oxidation sites excluding steroid dienone is 5. The van der Waals surface area contributed by atoms with Gasteiger partial charge in [0.1, 0.15) is 12.2 Å². The van der Waals surface area contributed by atoms with Crippen molar-refractivity contribution in [2.75, 3.05) is 0 Å². The molecule has 1 saturated carbocycles. The summed E-state index contributed by atoms with van der Waals surface area (Å²) >= 11 is 0. The summed E-state index contributed by atoms with van der Waals surface area (Å²) in [5.41, 5.74) is 1.78. The molecule has 0 aromatic carbocycles. The summed E-state index contributed by atoms with van der Waals surface area (Å²) in [7, 11) is 0.